The number of nitrogens with two attached hydrogens (primary N) is 1. The van der Waals surface area contributed by atoms with E-state index in [2.05, 4.69) is 10.2 Å². The highest BCUT2D eigenvalue weighted by molar-refractivity contribution is 7.99. The molecule has 7 heteroatoms. The number of nitrogens with zero attached hydrogens (tertiary/aromatic N) is 3. The average molecular weight is 342 g/mol. The number of carbonyl (C=O) groups is 1. The molecule has 24 heavy (non-hydrogen) atoms. The second kappa shape index (κ2) is 7.35. The number of rotatable bonds is 7. The molecular formula is C17H18N4O2S. The minimum atomic E-state index is 0.153. The number of aromatic nitrogens is 3. The molecule has 6 nitrogen and oxygen atoms in total. The number of benzene rings is 1. The number of thioether (sulfide) groups is 1. The Morgan fingerprint density at radius 3 is 2.75 bits per heavy atom. The normalized spacial score (nSPS) is 10.9. The quantitative estimate of drug-likeness (QED) is 0.307. The Bertz CT molecular complexity index is 826. The van der Waals surface area contributed by atoms with Crippen molar-refractivity contribution < 1.29 is 9.21 Å². The summed E-state index contributed by atoms with van der Waals surface area (Å²) in [4.78, 5) is 12.0. The zero-order valence-corrected chi connectivity index (χ0v) is 14.1. The molecule has 0 amide bonds. The zero-order valence-electron chi connectivity index (χ0n) is 13.3. The van der Waals surface area contributed by atoms with Crippen LogP contribution in [0, 0.1) is 6.92 Å². The van der Waals surface area contributed by atoms with Crippen molar-refractivity contribution in [1.82, 2.24) is 14.9 Å². The van der Waals surface area contributed by atoms with Crippen LogP contribution in [0.25, 0.3) is 11.4 Å². The third kappa shape index (κ3) is 3.51. The van der Waals surface area contributed by atoms with Crippen LogP contribution in [0.15, 0.2) is 52.2 Å². The summed E-state index contributed by atoms with van der Waals surface area (Å²) in [6, 6.07) is 11.1. The van der Waals surface area contributed by atoms with Crippen LogP contribution in [-0.2, 0) is 0 Å². The Morgan fingerprint density at radius 2 is 2.04 bits per heavy atom. The lowest BCUT2D eigenvalue weighted by Gasteiger charge is -2.03. The summed E-state index contributed by atoms with van der Waals surface area (Å²) in [6.45, 7) is 1.85. The van der Waals surface area contributed by atoms with Gasteiger partial charge in [0.15, 0.2) is 11.6 Å². The first-order chi connectivity index (χ1) is 11.7. The van der Waals surface area contributed by atoms with Crippen LogP contribution in [0.4, 0.5) is 0 Å². The molecular weight excluding hydrogens is 324 g/mol. The minimum Gasteiger partial charge on any atom is -0.469 e. The largest absolute Gasteiger partial charge is 0.469 e. The summed E-state index contributed by atoms with van der Waals surface area (Å²) in [6.07, 6.45) is 2.86. The highest BCUT2D eigenvalue weighted by atomic mass is 32.2. The molecule has 0 atom stereocenters. The maximum Gasteiger partial charge on any atom is 0.210 e. The summed E-state index contributed by atoms with van der Waals surface area (Å²) in [5, 5.41) is 8.86. The van der Waals surface area contributed by atoms with Gasteiger partial charge >= 0.3 is 0 Å². The molecule has 1 aromatic carbocycles. The molecule has 0 radical (unpaired) electrons. The van der Waals surface area contributed by atoms with E-state index in [4.69, 9.17) is 10.3 Å². The zero-order chi connectivity index (χ0) is 16.9. The molecule has 0 aliphatic heterocycles. The molecule has 0 spiro atoms. The van der Waals surface area contributed by atoms with Gasteiger partial charge < -0.3 is 10.3 Å². The van der Waals surface area contributed by atoms with E-state index in [1.807, 2.05) is 43.3 Å². The molecule has 0 aliphatic rings. The Kier molecular flexibility index (Phi) is 5.00. The van der Waals surface area contributed by atoms with Crippen LogP contribution in [-0.4, -0.2) is 26.4 Å². The number of furan rings is 1. The van der Waals surface area contributed by atoms with Crippen molar-refractivity contribution in [3.63, 3.8) is 0 Å². The van der Waals surface area contributed by atoms with E-state index in [1.54, 1.807) is 6.26 Å². The molecule has 0 saturated heterocycles. The molecule has 0 bridgehead atoms. The number of Topliss-reactive ketones (excluding diaryl/α,β-unsaturated/α-hetero) is 1. The molecule has 3 rings (SSSR count). The van der Waals surface area contributed by atoms with Crippen LogP contribution in [0.5, 0.6) is 0 Å². The molecule has 0 saturated carbocycles. The Labute approximate surface area is 144 Å². The highest BCUT2D eigenvalue weighted by Gasteiger charge is 2.15. The summed E-state index contributed by atoms with van der Waals surface area (Å²) >= 11 is 1.49. The summed E-state index contributed by atoms with van der Waals surface area (Å²) in [5.41, 5.74) is 1.58. The first-order valence-electron chi connectivity index (χ1n) is 7.63. The van der Waals surface area contributed by atoms with E-state index in [0.717, 1.165) is 29.1 Å². The van der Waals surface area contributed by atoms with Crippen molar-refractivity contribution in [3.05, 3.63) is 54.0 Å². The van der Waals surface area contributed by atoms with E-state index >= 15 is 0 Å². The van der Waals surface area contributed by atoms with E-state index in [-0.39, 0.29) is 5.78 Å². The van der Waals surface area contributed by atoms with Gasteiger partial charge in [0, 0.05) is 17.7 Å². The molecule has 0 unspecified atom stereocenters. The van der Waals surface area contributed by atoms with Gasteiger partial charge in [-0.1, -0.05) is 42.1 Å². The lowest BCUT2D eigenvalue weighted by molar-refractivity contribution is 0.0982. The lowest BCUT2D eigenvalue weighted by atomic mass is 10.1. The van der Waals surface area contributed by atoms with E-state index in [0.29, 0.717) is 17.4 Å². The van der Waals surface area contributed by atoms with Crippen molar-refractivity contribution in [2.45, 2.75) is 24.9 Å². The third-order valence-corrected chi connectivity index (χ3v) is 4.67. The maximum absolute atomic E-state index is 12.0. The van der Waals surface area contributed by atoms with Gasteiger partial charge in [0.2, 0.25) is 5.16 Å². The summed E-state index contributed by atoms with van der Waals surface area (Å²) in [7, 11) is 0. The highest BCUT2D eigenvalue weighted by Crippen LogP contribution is 2.25. The van der Waals surface area contributed by atoms with Gasteiger partial charge in [0.1, 0.15) is 5.76 Å². The SMILES string of the molecule is Cc1occc1-c1nnc(SCCCC(=O)c2ccccc2)n1N. The smallest absolute Gasteiger partial charge is 0.210 e. The van der Waals surface area contributed by atoms with Gasteiger partial charge in [-0.2, -0.15) is 0 Å². The van der Waals surface area contributed by atoms with Crippen LogP contribution >= 0.6 is 11.8 Å². The van der Waals surface area contributed by atoms with Crippen LogP contribution in [0.2, 0.25) is 0 Å². The monoisotopic (exact) mass is 342 g/mol. The van der Waals surface area contributed by atoms with Crippen LogP contribution in [0.1, 0.15) is 29.0 Å². The number of nitrogen functional groups attached to an aromatic ring is 1. The summed E-state index contributed by atoms with van der Waals surface area (Å²) < 4.78 is 6.73. The minimum absolute atomic E-state index is 0.153. The Morgan fingerprint density at radius 1 is 1.25 bits per heavy atom. The number of ketones is 1. The second-order valence-corrected chi connectivity index (χ2v) is 6.37. The second-order valence-electron chi connectivity index (χ2n) is 5.31. The molecule has 3 aromatic rings. The molecule has 0 aliphatic carbocycles. The van der Waals surface area contributed by atoms with Gasteiger partial charge in [-0.3, -0.25) is 4.79 Å². The molecule has 2 heterocycles. The standard InChI is InChI=1S/C17H18N4O2S/c1-12-14(9-10-23-12)16-19-20-17(21(16)18)24-11-5-8-15(22)13-6-3-2-4-7-13/h2-4,6-7,9-10H,5,8,11,18H2,1H3. The number of hydrogen-bond acceptors (Lipinski definition) is 6. The van der Waals surface area contributed by atoms with Gasteiger partial charge in [-0.25, -0.2) is 4.68 Å². The van der Waals surface area contributed by atoms with E-state index < -0.39 is 0 Å². The van der Waals surface area contributed by atoms with E-state index in [9.17, 15) is 4.79 Å². The third-order valence-electron chi connectivity index (χ3n) is 3.64. The maximum atomic E-state index is 12.0. The molecule has 2 aromatic heterocycles. The Balaban J connectivity index is 1.54. The van der Waals surface area contributed by atoms with Gasteiger partial charge in [0.25, 0.3) is 0 Å². The van der Waals surface area contributed by atoms with Crippen molar-refractivity contribution in [1.29, 1.82) is 0 Å². The van der Waals surface area contributed by atoms with Crippen molar-refractivity contribution >= 4 is 17.5 Å². The van der Waals surface area contributed by atoms with Gasteiger partial charge in [0.05, 0.1) is 11.8 Å². The average Bonchev–Trinajstić information content (AvgIpc) is 3.18. The van der Waals surface area contributed by atoms with Gasteiger partial charge in [-0.15, -0.1) is 10.2 Å². The fourth-order valence-corrected chi connectivity index (χ4v) is 3.14. The predicted octanol–water partition coefficient (Wildman–Crippen LogP) is 3.32. The molecule has 0 fully saturated rings. The fourth-order valence-electron chi connectivity index (χ4n) is 2.34. The summed E-state index contributed by atoms with van der Waals surface area (Å²) in [5.74, 6) is 8.28. The predicted molar refractivity (Wildman–Crippen MR) is 93.3 cm³/mol. The fraction of sp³-hybridized carbons (Fsp3) is 0.235. The molecule has 2 N–H and O–H groups in total. The van der Waals surface area contributed by atoms with E-state index in [1.165, 1.54) is 16.4 Å². The number of aryl methyl sites for hydroxylation is 1. The Hall–Kier alpha value is -2.54. The van der Waals surface area contributed by atoms with Crippen LogP contribution < -0.4 is 5.84 Å². The van der Waals surface area contributed by atoms with Gasteiger partial charge in [-0.05, 0) is 19.4 Å². The van der Waals surface area contributed by atoms with Crippen molar-refractivity contribution in [2.75, 3.05) is 11.6 Å². The lowest BCUT2D eigenvalue weighted by Crippen LogP contribution is -2.11. The topological polar surface area (TPSA) is 86.9 Å². The van der Waals surface area contributed by atoms with Crippen molar-refractivity contribution in [3.8, 4) is 11.4 Å². The first-order valence-corrected chi connectivity index (χ1v) is 8.61. The number of hydrogen-bond donors (Lipinski definition) is 1. The first kappa shape index (κ1) is 16.3. The van der Waals surface area contributed by atoms with Crippen LogP contribution in [0.3, 0.4) is 0 Å². The number of carbonyl (C=O) groups excluding carboxylic acids is 1. The van der Waals surface area contributed by atoms with Crippen molar-refractivity contribution in [2.24, 2.45) is 0 Å². The molecule has 124 valence electrons.